The van der Waals surface area contributed by atoms with Crippen molar-refractivity contribution < 1.29 is 19.1 Å². The standard InChI is InChI=1S/C22H22Cl2N4O4/c1-32-14-7-5-12(6-8-14)9-17-21(30)28-11-13(10-18(28)20(29)26-17)25-22(31)27-19-15(23)3-2-4-16(19)24/h2-8,13,17-18H,9-11H2,1H3,(H,26,29)(H2,25,27,31)/t13-,17-,18-/m0/s1. The van der Waals surface area contributed by atoms with E-state index in [9.17, 15) is 14.4 Å². The number of nitrogens with zero attached hydrogens (tertiary/aromatic N) is 1. The van der Waals surface area contributed by atoms with E-state index in [4.69, 9.17) is 27.9 Å². The first kappa shape index (κ1) is 22.2. The average Bonchev–Trinajstić information content (AvgIpc) is 3.19. The Morgan fingerprint density at radius 3 is 2.50 bits per heavy atom. The molecule has 2 aliphatic heterocycles. The van der Waals surface area contributed by atoms with Crippen molar-refractivity contribution >= 4 is 46.7 Å². The van der Waals surface area contributed by atoms with Crippen LogP contribution in [0.3, 0.4) is 0 Å². The summed E-state index contributed by atoms with van der Waals surface area (Å²) in [6.45, 7) is 0.250. The van der Waals surface area contributed by atoms with Crippen molar-refractivity contribution in [2.45, 2.75) is 31.0 Å². The highest BCUT2D eigenvalue weighted by Gasteiger charge is 2.46. The van der Waals surface area contributed by atoms with Crippen molar-refractivity contribution in [3.05, 3.63) is 58.1 Å². The molecule has 0 aliphatic carbocycles. The third-order valence-electron chi connectivity index (χ3n) is 5.64. The van der Waals surface area contributed by atoms with E-state index in [1.54, 1.807) is 30.2 Å². The predicted octanol–water partition coefficient (Wildman–Crippen LogP) is 2.83. The normalized spacial score (nSPS) is 22.2. The molecule has 32 heavy (non-hydrogen) atoms. The number of rotatable bonds is 5. The number of para-hydroxylation sites is 1. The number of carbonyl (C=O) groups is 3. The number of anilines is 1. The molecule has 2 aromatic rings. The molecule has 0 unspecified atom stereocenters. The molecule has 2 aliphatic rings. The van der Waals surface area contributed by atoms with E-state index in [-0.39, 0.29) is 24.4 Å². The van der Waals surface area contributed by atoms with Crippen molar-refractivity contribution in [2.24, 2.45) is 0 Å². The number of halogens is 2. The number of urea groups is 1. The Morgan fingerprint density at radius 2 is 1.84 bits per heavy atom. The van der Waals surface area contributed by atoms with E-state index in [1.165, 1.54) is 0 Å². The van der Waals surface area contributed by atoms with Crippen LogP contribution in [0.1, 0.15) is 12.0 Å². The summed E-state index contributed by atoms with van der Waals surface area (Å²) in [4.78, 5) is 39.6. The van der Waals surface area contributed by atoms with Crippen LogP contribution in [0, 0.1) is 0 Å². The lowest BCUT2D eigenvalue weighted by Gasteiger charge is -2.34. The van der Waals surface area contributed by atoms with Gasteiger partial charge in [0, 0.05) is 13.0 Å². The molecule has 168 valence electrons. The van der Waals surface area contributed by atoms with Crippen molar-refractivity contribution in [3.8, 4) is 5.75 Å². The Kier molecular flexibility index (Phi) is 6.43. The summed E-state index contributed by atoms with van der Waals surface area (Å²) in [6.07, 6.45) is 0.706. The quantitative estimate of drug-likeness (QED) is 0.617. The van der Waals surface area contributed by atoms with Gasteiger partial charge in [0.2, 0.25) is 11.8 Å². The van der Waals surface area contributed by atoms with Crippen LogP contribution in [0.25, 0.3) is 0 Å². The van der Waals surface area contributed by atoms with Crippen LogP contribution in [0.15, 0.2) is 42.5 Å². The minimum atomic E-state index is -0.651. The van der Waals surface area contributed by atoms with E-state index >= 15 is 0 Å². The molecule has 2 heterocycles. The van der Waals surface area contributed by atoms with Gasteiger partial charge in [0.1, 0.15) is 17.8 Å². The molecule has 0 bridgehead atoms. The van der Waals surface area contributed by atoms with Gasteiger partial charge in [-0.2, -0.15) is 0 Å². The third kappa shape index (κ3) is 4.61. The number of methoxy groups -OCH3 is 1. The molecule has 3 atom stereocenters. The number of amides is 4. The zero-order valence-corrected chi connectivity index (χ0v) is 18.7. The molecule has 8 nitrogen and oxygen atoms in total. The zero-order chi connectivity index (χ0) is 22.8. The zero-order valence-electron chi connectivity index (χ0n) is 17.2. The first-order valence-electron chi connectivity index (χ1n) is 10.1. The van der Waals surface area contributed by atoms with Gasteiger partial charge < -0.3 is 25.6 Å². The van der Waals surface area contributed by atoms with Gasteiger partial charge in [-0.15, -0.1) is 0 Å². The fourth-order valence-corrected chi connectivity index (χ4v) is 4.54. The number of carbonyl (C=O) groups excluding carboxylic acids is 3. The summed E-state index contributed by atoms with van der Waals surface area (Å²) in [5.74, 6) is 0.337. The Bertz CT molecular complexity index is 1030. The van der Waals surface area contributed by atoms with Gasteiger partial charge in [0.05, 0.1) is 28.9 Å². The first-order valence-corrected chi connectivity index (χ1v) is 10.9. The second-order valence-electron chi connectivity index (χ2n) is 7.75. The minimum absolute atomic E-state index is 0.163. The fraction of sp³-hybridized carbons (Fsp3) is 0.318. The maximum Gasteiger partial charge on any atom is 0.319 e. The lowest BCUT2D eigenvalue weighted by molar-refractivity contribution is -0.147. The molecule has 2 saturated heterocycles. The maximum atomic E-state index is 13.0. The lowest BCUT2D eigenvalue weighted by Crippen LogP contribution is -2.61. The number of ether oxygens (including phenoxy) is 1. The molecule has 2 fully saturated rings. The molecule has 4 rings (SSSR count). The van der Waals surface area contributed by atoms with Crippen LogP contribution < -0.4 is 20.7 Å². The largest absolute Gasteiger partial charge is 0.497 e. The first-order chi connectivity index (χ1) is 15.4. The van der Waals surface area contributed by atoms with Crippen LogP contribution in [0.5, 0.6) is 5.75 Å². The van der Waals surface area contributed by atoms with Crippen LogP contribution in [0.2, 0.25) is 10.0 Å². The van der Waals surface area contributed by atoms with Crippen molar-refractivity contribution in [1.82, 2.24) is 15.5 Å². The molecular weight excluding hydrogens is 455 g/mol. The lowest BCUT2D eigenvalue weighted by atomic mass is 10.0. The van der Waals surface area contributed by atoms with Gasteiger partial charge in [-0.05, 0) is 36.2 Å². The molecule has 4 amide bonds. The number of hydrogen-bond acceptors (Lipinski definition) is 4. The summed E-state index contributed by atoms with van der Waals surface area (Å²) in [5.41, 5.74) is 1.21. The molecule has 2 aromatic carbocycles. The van der Waals surface area contributed by atoms with Crippen molar-refractivity contribution in [1.29, 1.82) is 0 Å². The van der Waals surface area contributed by atoms with Crippen molar-refractivity contribution in [3.63, 3.8) is 0 Å². The van der Waals surface area contributed by atoms with Crippen LogP contribution >= 0.6 is 23.2 Å². The number of fused-ring (bicyclic) bond motifs is 1. The third-order valence-corrected chi connectivity index (χ3v) is 6.27. The van der Waals surface area contributed by atoms with Crippen molar-refractivity contribution in [2.75, 3.05) is 19.0 Å². The molecule has 0 radical (unpaired) electrons. The van der Waals surface area contributed by atoms with Gasteiger partial charge in [-0.25, -0.2) is 4.79 Å². The Hall–Kier alpha value is -2.97. The summed E-state index contributed by atoms with van der Waals surface area (Å²) in [7, 11) is 1.58. The highest BCUT2D eigenvalue weighted by molar-refractivity contribution is 6.39. The molecule has 0 aromatic heterocycles. The number of piperazine rings is 1. The molecular formula is C22H22Cl2N4O4. The fourth-order valence-electron chi connectivity index (χ4n) is 4.05. The highest BCUT2D eigenvalue weighted by atomic mass is 35.5. The SMILES string of the molecule is COc1ccc(C[C@@H]2NC(=O)[C@@H]3C[C@H](NC(=O)Nc4c(Cl)cccc4Cl)CN3C2=O)cc1. The van der Waals surface area contributed by atoms with Crippen LogP contribution in [-0.4, -0.2) is 54.5 Å². The van der Waals surface area contributed by atoms with E-state index in [1.807, 2.05) is 24.3 Å². The van der Waals surface area contributed by atoms with Gasteiger partial charge in [-0.3, -0.25) is 9.59 Å². The molecule has 10 heteroatoms. The number of nitrogens with one attached hydrogen (secondary N) is 3. The van der Waals surface area contributed by atoms with Crippen LogP contribution in [-0.2, 0) is 16.0 Å². The highest BCUT2D eigenvalue weighted by Crippen LogP contribution is 2.30. The smallest absolute Gasteiger partial charge is 0.319 e. The Morgan fingerprint density at radius 1 is 1.16 bits per heavy atom. The monoisotopic (exact) mass is 476 g/mol. The van der Waals surface area contributed by atoms with E-state index < -0.39 is 18.1 Å². The molecule has 0 spiro atoms. The number of benzene rings is 2. The Balaban J connectivity index is 1.38. The van der Waals surface area contributed by atoms with Gasteiger partial charge in [-0.1, -0.05) is 41.4 Å². The second-order valence-corrected chi connectivity index (χ2v) is 8.56. The minimum Gasteiger partial charge on any atom is -0.497 e. The summed E-state index contributed by atoms with van der Waals surface area (Å²) in [6, 6.07) is 10.1. The van der Waals surface area contributed by atoms with Crippen LogP contribution in [0.4, 0.5) is 10.5 Å². The summed E-state index contributed by atoms with van der Waals surface area (Å²) < 4.78 is 5.15. The topological polar surface area (TPSA) is 99.8 Å². The summed E-state index contributed by atoms with van der Waals surface area (Å²) in [5, 5.41) is 8.88. The Labute approximate surface area is 195 Å². The summed E-state index contributed by atoms with van der Waals surface area (Å²) >= 11 is 12.2. The maximum absolute atomic E-state index is 13.0. The molecule has 0 saturated carbocycles. The average molecular weight is 477 g/mol. The van der Waals surface area contributed by atoms with Gasteiger partial charge >= 0.3 is 6.03 Å². The predicted molar refractivity (Wildman–Crippen MR) is 121 cm³/mol. The second kappa shape index (κ2) is 9.26. The molecule has 3 N–H and O–H groups in total. The number of hydrogen-bond donors (Lipinski definition) is 3. The van der Waals surface area contributed by atoms with E-state index in [2.05, 4.69) is 16.0 Å². The van der Waals surface area contributed by atoms with Gasteiger partial charge in [0.25, 0.3) is 0 Å². The van der Waals surface area contributed by atoms with E-state index in [0.29, 0.717) is 28.6 Å². The van der Waals surface area contributed by atoms with Gasteiger partial charge in [0.15, 0.2) is 0 Å². The van der Waals surface area contributed by atoms with E-state index in [0.717, 1.165) is 11.3 Å².